The minimum Gasteiger partial charge on any atom is -0.398 e. The first kappa shape index (κ1) is 14.3. The Balaban J connectivity index is 2.03. The van der Waals surface area contributed by atoms with E-state index in [0.29, 0.717) is 31.0 Å². The highest BCUT2D eigenvalue weighted by Gasteiger charge is 2.35. The molecule has 3 N–H and O–H groups in total. The second-order valence-corrected chi connectivity index (χ2v) is 5.52. The molecule has 1 heterocycles. The lowest BCUT2D eigenvalue weighted by atomic mass is 10.0. The molecule has 1 amide bonds. The van der Waals surface area contributed by atoms with Crippen LogP contribution in [0.4, 0.5) is 5.69 Å². The number of nitrogens with two attached hydrogens (primary N) is 1. The average Bonchev–Trinajstić information content (AvgIpc) is 2.88. The van der Waals surface area contributed by atoms with Crippen molar-refractivity contribution < 1.29 is 14.3 Å². The Morgan fingerprint density at radius 1 is 1.63 bits per heavy atom. The predicted molar refractivity (Wildman–Crippen MR) is 76.1 cm³/mol. The van der Waals surface area contributed by atoms with Gasteiger partial charge in [-0.2, -0.15) is 0 Å². The van der Waals surface area contributed by atoms with Gasteiger partial charge in [-0.15, -0.1) is 0 Å². The normalized spacial score (nSPS) is 22.4. The number of amides is 1. The fraction of sp³-hybridized carbons (Fsp3) is 0.462. The van der Waals surface area contributed by atoms with Crippen LogP contribution in [0, 0.1) is 0 Å². The Morgan fingerprint density at radius 3 is 3.05 bits per heavy atom. The number of methoxy groups -OCH3 is 1. The molecule has 1 unspecified atom stereocenters. The maximum Gasteiger partial charge on any atom is 0.253 e. The first-order chi connectivity index (χ1) is 9.06. The van der Waals surface area contributed by atoms with Gasteiger partial charge in [-0.1, -0.05) is 15.9 Å². The number of hydrogen-bond donors (Lipinski definition) is 2. The summed E-state index contributed by atoms with van der Waals surface area (Å²) in [6, 6.07) is 5.20. The summed E-state index contributed by atoms with van der Waals surface area (Å²) in [4.78, 5) is 12.1. The van der Waals surface area contributed by atoms with Gasteiger partial charge in [0.1, 0.15) is 5.60 Å². The summed E-state index contributed by atoms with van der Waals surface area (Å²) >= 11 is 3.33. The zero-order chi connectivity index (χ0) is 13.9. The van der Waals surface area contributed by atoms with Gasteiger partial charge in [0.2, 0.25) is 0 Å². The van der Waals surface area contributed by atoms with Crippen molar-refractivity contribution in [2.45, 2.75) is 12.0 Å². The lowest BCUT2D eigenvalue weighted by Gasteiger charge is -2.26. The largest absolute Gasteiger partial charge is 0.398 e. The van der Waals surface area contributed by atoms with Crippen LogP contribution in [0.5, 0.6) is 0 Å². The molecule has 2 rings (SSSR count). The molecule has 0 bridgehead atoms. The van der Waals surface area contributed by atoms with Crippen LogP contribution in [0.2, 0.25) is 0 Å². The summed E-state index contributed by atoms with van der Waals surface area (Å²) < 4.78 is 11.6. The molecular formula is C13H17BrN2O3. The zero-order valence-electron chi connectivity index (χ0n) is 10.7. The van der Waals surface area contributed by atoms with Gasteiger partial charge in [-0.05, 0) is 18.2 Å². The number of nitrogen functional groups attached to an aromatic ring is 1. The highest BCUT2D eigenvalue weighted by molar-refractivity contribution is 9.10. The number of carbonyl (C=O) groups is 1. The topological polar surface area (TPSA) is 73.6 Å². The second-order valence-electron chi connectivity index (χ2n) is 4.60. The molecule has 5 nitrogen and oxygen atoms in total. The predicted octanol–water partition coefficient (Wildman–Crippen LogP) is 1.57. The average molecular weight is 329 g/mol. The minimum atomic E-state index is -0.420. The van der Waals surface area contributed by atoms with Crippen LogP contribution in [0.3, 0.4) is 0 Å². The van der Waals surface area contributed by atoms with Crippen molar-refractivity contribution in [1.29, 1.82) is 0 Å². The number of hydrogen-bond acceptors (Lipinski definition) is 4. The third kappa shape index (κ3) is 3.26. The minimum absolute atomic E-state index is 0.206. The van der Waals surface area contributed by atoms with Crippen LogP contribution in [0.1, 0.15) is 16.8 Å². The third-order valence-electron chi connectivity index (χ3n) is 3.33. The van der Waals surface area contributed by atoms with E-state index in [2.05, 4.69) is 21.2 Å². The SMILES string of the molecule is COC1(CNC(=O)c2cc(Br)ccc2N)CCOC1. The smallest absolute Gasteiger partial charge is 0.253 e. The lowest BCUT2D eigenvalue weighted by Crippen LogP contribution is -2.45. The van der Waals surface area contributed by atoms with Crippen molar-refractivity contribution in [2.75, 3.05) is 32.6 Å². The standard InChI is InChI=1S/C13H17BrN2O3/c1-18-13(4-5-19-8-13)7-16-12(17)10-6-9(14)2-3-11(10)15/h2-3,6H,4-5,7-8,15H2,1H3,(H,16,17). The Labute approximate surface area is 120 Å². The van der Waals surface area contributed by atoms with Gasteiger partial charge in [0.15, 0.2) is 0 Å². The van der Waals surface area contributed by atoms with E-state index >= 15 is 0 Å². The lowest BCUT2D eigenvalue weighted by molar-refractivity contribution is -0.0148. The van der Waals surface area contributed by atoms with Crippen molar-refractivity contribution in [3.8, 4) is 0 Å². The Morgan fingerprint density at radius 2 is 2.42 bits per heavy atom. The molecule has 0 aromatic heterocycles. The van der Waals surface area contributed by atoms with Crippen LogP contribution in [0.25, 0.3) is 0 Å². The summed E-state index contributed by atoms with van der Waals surface area (Å²) in [7, 11) is 1.63. The van der Waals surface area contributed by atoms with Crippen LogP contribution in [0.15, 0.2) is 22.7 Å². The third-order valence-corrected chi connectivity index (χ3v) is 3.82. The van der Waals surface area contributed by atoms with E-state index < -0.39 is 5.60 Å². The number of benzene rings is 1. The van der Waals surface area contributed by atoms with Crippen LogP contribution in [-0.2, 0) is 9.47 Å². The molecule has 19 heavy (non-hydrogen) atoms. The van der Waals surface area contributed by atoms with Crippen LogP contribution >= 0.6 is 15.9 Å². The van der Waals surface area contributed by atoms with E-state index in [0.717, 1.165) is 10.9 Å². The highest BCUT2D eigenvalue weighted by Crippen LogP contribution is 2.22. The molecule has 1 atom stereocenters. The number of rotatable bonds is 4. The molecular weight excluding hydrogens is 312 g/mol. The maximum absolute atomic E-state index is 12.1. The number of ether oxygens (including phenoxy) is 2. The maximum atomic E-state index is 12.1. The van der Waals surface area contributed by atoms with E-state index in [9.17, 15) is 4.79 Å². The summed E-state index contributed by atoms with van der Waals surface area (Å²) in [6.07, 6.45) is 0.776. The fourth-order valence-corrected chi connectivity index (χ4v) is 2.38. The molecule has 1 aromatic rings. The van der Waals surface area contributed by atoms with E-state index in [1.54, 1.807) is 25.3 Å². The van der Waals surface area contributed by atoms with Gasteiger partial charge >= 0.3 is 0 Å². The zero-order valence-corrected chi connectivity index (χ0v) is 12.3. The fourth-order valence-electron chi connectivity index (χ4n) is 2.02. The van der Waals surface area contributed by atoms with E-state index in [4.69, 9.17) is 15.2 Å². The Hall–Kier alpha value is -1.11. The van der Waals surface area contributed by atoms with Gasteiger partial charge in [-0.3, -0.25) is 4.79 Å². The summed E-state index contributed by atoms with van der Waals surface area (Å²) in [5.41, 5.74) is 6.29. The van der Waals surface area contributed by atoms with Gasteiger partial charge in [0.05, 0.1) is 12.2 Å². The first-order valence-electron chi connectivity index (χ1n) is 6.02. The molecule has 104 valence electrons. The molecule has 1 aliphatic rings. The van der Waals surface area contributed by atoms with Gasteiger partial charge in [0, 0.05) is 36.8 Å². The Kier molecular flexibility index (Phi) is 4.44. The molecule has 1 aromatic carbocycles. The molecule has 0 radical (unpaired) electrons. The Bertz CT molecular complexity index is 473. The van der Waals surface area contributed by atoms with Gasteiger partial charge in [-0.25, -0.2) is 0 Å². The van der Waals surface area contributed by atoms with Crippen LogP contribution < -0.4 is 11.1 Å². The molecule has 0 spiro atoms. The molecule has 0 aliphatic carbocycles. The summed E-state index contributed by atoms with van der Waals surface area (Å²) in [5, 5.41) is 2.86. The van der Waals surface area contributed by atoms with Gasteiger partial charge in [0.25, 0.3) is 5.91 Å². The number of carbonyl (C=O) groups excluding carboxylic acids is 1. The quantitative estimate of drug-likeness (QED) is 0.823. The molecule has 0 saturated carbocycles. The van der Waals surface area contributed by atoms with E-state index in [1.165, 1.54) is 0 Å². The van der Waals surface area contributed by atoms with Crippen molar-refractivity contribution in [2.24, 2.45) is 0 Å². The van der Waals surface area contributed by atoms with Gasteiger partial charge < -0.3 is 20.5 Å². The molecule has 6 heteroatoms. The molecule has 1 fully saturated rings. The summed E-state index contributed by atoms with van der Waals surface area (Å²) in [6.45, 7) is 1.56. The molecule has 1 saturated heterocycles. The number of anilines is 1. The van der Waals surface area contributed by atoms with Crippen molar-refractivity contribution >= 4 is 27.5 Å². The number of halogens is 1. The molecule has 1 aliphatic heterocycles. The van der Waals surface area contributed by atoms with E-state index in [1.807, 2.05) is 0 Å². The monoisotopic (exact) mass is 328 g/mol. The van der Waals surface area contributed by atoms with Crippen molar-refractivity contribution in [1.82, 2.24) is 5.32 Å². The van der Waals surface area contributed by atoms with Crippen molar-refractivity contribution in [3.63, 3.8) is 0 Å². The first-order valence-corrected chi connectivity index (χ1v) is 6.82. The van der Waals surface area contributed by atoms with E-state index in [-0.39, 0.29) is 5.91 Å². The van der Waals surface area contributed by atoms with Crippen LogP contribution in [-0.4, -0.2) is 38.4 Å². The van der Waals surface area contributed by atoms with Crippen molar-refractivity contribution in [3.05, 3.63) is 28.2 Å². The second kappa shape index (κ2) is 5.90. The number of nitrogens with one attached hydrogen (secondary N) is 1. The summed E-state index contributed by atoms with van der Waals surface area (Å²) in [5.74, 6) is -0.206. The highest BCUT2D eigenvalue weighted by atomic mass is 79.9.